The predicted octanol–water partition coefficient (Wildman–Crippen LogP) is 3.03. The Labute approximate surface area is 147 Å². The van der Waals surface area contributed by atoms with Gasteiger partial charge < -0.3 is 15.4 Å². The summed E-state index contributed by atoms with van der Waals surface area (Å²) in [6.07, 6.45) is 7.06. The zero-order valence-electron chi connectivity index (χ0n) is 15.7. The average molecular weight is 341 g/mol. The highest BCUT2D eigenvalue weighted by molar-refractivity contribution is 5.83. The zero-order chi connectivity index (χ0) is 17.8. The van der Waals surface area contributed by atoms with Gasteiger partial charge in [-0.1, -0.05) is 40.0 Å². The molecular weight excluding hydrogens is 304 g/mol. The molecule has 5 nitrogen and oxygen atoms in total. The summed E-state index contributed by atoms with van der Waals surface area (Å²) in [4.78, 5) is 23.8. The van der Waals surface area contributed by atoms with E-state index in [1.54, 1.807) is 0 Å². The maximum absolute atomic E-state index is 12.0. The molecule has 2 amide bonds. The number of rotatable bonds is 11. The van der Waals surface area contributed by atoms with Gasteiger partial charge in [-0.3, -0.25) is 9.59 Å². The second-order valence-corrected chi connectivity index (χ2v) is 7.11. The number of carbonyl (C=O) groups excluding carboxylic acids is 2. The molecule has 0 saturated heterocycles. The Morgan fingerprint density at radius 2 is 1.75 bits per heavy atom. The molecule has 0 radical (unpaired) electrons. The molecule has 1 saturated carbocycles. The van der Waals surface area contributed by atoms with E-state index < -0.39 is 0 Å². The van der Waals surface area contributed by atoms with Gasteiger partial charge in [-0.05, 0) is 31.1 Å². The first-order valence-electron chi connectivity index (χ1n) is 9.68. The van der Waals surface area contributed by atoms with Crippen molar-refractivity contribution in [1.82, 2.24) is 10.6 Å². The van der Waals surface area contributed by atoms with E-state index in [9.17, 15) is 9.59 Å². The van der Waals surface area contributed by atoms with Gasteiger partial charge in [0.25, 0.3) is 0 Å². The lowest BCUT2D eigenvalue weighted by molar-refractivity contribution is -0.127. The first-order valence-corrected chi connectivity index (χ1v) is 9.68. The topological polar surface area (TPSA) is 67.4 Å². The molecule has 1 rings (SSSR count). The highest BCUT2D eigenvalue weighted by Gasteiger charge is 2.27. The smallest absolute Gasteiger partial charge is 0.220 e. The fourth-order valence-corrected chi connectivity index (χ4v) is 3.13. The lowest BCUT2D eigenvalue weighted by atomic mass is 9.78. The minimum atomic E-state index is -0.0521. The normalized spacial score (nSPS) is 23.7. The SMILES string of the molecule is CCCCOCCCNC(=O)CCC(=O)N[C@H]1CCC[C@H](C)[C@@H]1C. The molecule has 0 unspecified atom stereocenters. The Morgan fingerprint density at radius 1 is 1.04 bits per heavy atom. The monoisotopic (exact) mass is 340 g/mol. The lowest BCUT2D eigenvalue weighted by Crippen LogP contribution is -2.43. The van der Waals surface area contributed by atoms with Crippen LogP contribution in [0.5, 0.6) is 0 Å². The van der Waals surface area contributed by atoms with Crippen LogP contribution in [-0.2, 0) is 14.3 Å². The number of carbonyl (C=O) groups is 2. The van der Waals surface area contributed by atoms with E-state index >= 15 is 0 Å². The highest BCUT2D eigenvalue weighted by atomic mass is 16.5. The summed E-state index contributed by atoms with van der Waals surface area (Å²) in [6, 6.07) is 0.268. The van der Waals surface area contributed by atoms with Crippen LogP contribution >= 0.6 is 0 Å². The third-order valence-electron chi connectivity index (χ3n) is 5.06. The summed E-state index contributed by atoms with van der Waals surface area (Å²) in [6.45, 7) is 8.69. The maximum Gasteiger partial charge on any atom is 0.220 e. The first-order chi connectivity index (χ1) is 11.5. The van der Waals surface area contributed by atoms with E-state index in [2.05, 4.69) is 31.4 Å². The van der Waals surface area contributed by atoms with Crippen LogP contribution in [0.3, 0.4) is 0 Å². The summed E-state index contributed by atoms with van der Waals surface area (Å²) in [7, 11) is 0. The van der Waals surface area contributed by atoms with Crippen LogP contribution in [0.15, 0.2) is 0 Å². The number of amides is 2. The summed E-state index contributed by atoms with van der Waals surface area (Å²) in [5, 5.41) is 5.96. The second-order valence-electron chi connectivity index (χ2n) is 7.11. The Bertz CT molecular complexity index is 374. The summed E-state index contributed by atoms with van der Waals surface area (Å²) >= 11 is 0. The van der Waals surface area contributed by atoms with E-state index in [4.69, 9.17) is 4.74 Å². The quantitative estimate of drug-likeness (QED) is 0.568. The van der Waals surface area contributed by atoms with Crippen LogP contribution in [0, 0.1) is 11.8 Å². The van der Waals surface area contributed by atoms with E-state index in [0.717, 1.165) is 32.3 Å². The van der Waals surface area contributed by atoms with Crippen molar-refractivity contribution in [2.45, 2.75) is 78.2 Å². The standard InChI is InChI=1S/C19H36N2O3/c1-4-5-13-24-14-7-12-20-18(22)10-11-19(23)21-17-9-6-8-15(2)16(17)3/h15-17H,4-14H2,1-3H3,(H,20,22)(H,21,23)/t15-,16-,17-/m0/s1. The molecule has 0 aromatic heterocycles. The number of hydrogen-bond donors (Lipinski definition) is 2. The van der Waals surface area contributed by atoms with Crippen molar-refractivity contribution >= 4 is 11.8 Å². The molecule has 1 aliphatic carbocycles. The van der Waals surface area contributed by atoms with Gasteiger partial charge in [0, 0.05) is 38.6 Å². The van der Waals surface area contributed by atoms with Gasteiger partial charge in [0.2, 0.25) is 11.8 Å². The second kappa shape index (κ2) is 12.3. The lowest BCUT2D eigenvalue weighted by Gasteiger charge is -2.34. The minimum Gasteiger partial charge on any atom is -0.381 e. The molecule has 0 spiro atoms. The molecular formula is C19H36N2O3. The molecule has 5 heteroatoms. The molecule has 1 fully saturated rings. The van der Waals surface area contributed by atoms with Gasteiger partial charge in [-0.25, -0.2) is 0 Å². The third kappa shape index (κ3) is 8.67. The van der Waals surface area contributed by atoms with Gasteiger partial charge in [0.1, 0.15) is 0 Å². The summed E-state index contributed by atoms with van der Waals surface area (Å²) in [5.41, 5.74) is 0. The molecule has 3 atom stereocenters. The van der Waals surface area contributed by atoms with Crippen LogP contribution in [0.25, 0.3) is 0 Å². The Kier molecular flexibility index (Phi) is 10.7. The zero-order valence-corrected chi connectivity index (χ0v) is 15.7. The molecule has 0 aromatic rings. The van der Waals surface area contributed by atoms with Crippen LogP contribution in [0.1, 0.15) is 72.1 Å². The van der Waals surface area contributed by atoms with Gasteiger partial charge in [-0.2, -0.15) is 0 Å². The molecule has 0 aliphatic heterocycles. The van der Waals surface area contributed by atoms with Crippen molar-refractivity contribution in [3.8, 4) is 0 Å². The van der Waals surface area contributed by atoms with E-state index in [1.165, 1.54) is 12.8 Å². The van der Waals surface area contributed by atoms with Gasteiger partial charge in [0.05, 0.1) is 0 Å². The van der Waals surface area contributed by atoms with Crippen LogP contribution in [0.4, 0.5) is 0 Å². The summed E-state index contributed by atoms with van der Waals surface area (Å²) in [5.74, 6) is 1.12. The van der Waals surface area contributed by atoms with Crippen molar-refractivity contribution in [3.63, 3.8) is 0 Å². The number of ether oxygens (including phenoxy) is 1. The molecule has 0 bridgehead atoms. The first kappa shape index (κ1) is 20.9. The van der Waals surface area contributed by atoms with Crippen molar-refractivity contribution in [3.05, 3.63) is 0 Å². The fraction of sp³-hybridized carbons (Fsp3) is 0.895. The maximum atomic E-state index is 12.0. The molecule has 1 aliphatic rings. The largest absolute Gasteiger partial charge is 0.381 e. The van der Waals surface area contributed by atoms with E-state index in [0.29, 0.717) is 25.0 Å². The van der Waals surface area contributed by atoms with Crippen LogP contribution in [0.2, 0.25) is 0 Å². The number of hydrogen-bond acceptors (Lipinski definition) is 3. The van der Waals surface area contributed by atoms with Crippen LogP contribution < -0.4 is 10.6 Å². The van der Waals surface area contributed by atoms with Gasteiger partial charge in [0.15, 0.2) is 0 Å². The minimum absolute atomic E-state index is 0.000927. The summed E-state index contributed by atoms with van der Waals surface area (Å²) < 4.78 is 5.44. The van der Waals surface area contributed by atoms with Gasteiger partial charge >= 0.3 is 0 Å². The molecule has 24 heavy (non-hydrogen) atoms. The number of nitrogens with one attached hydrogen (secondary N) is 2. The molecule has 2 N–H and O–H groups in total. The third-order valence-corrected chi connectivity index (χ3v) is 5.06. The predicted molar refractivity (Wildman–Crippen MR) is 96.7 cm³/mol. The van der Waals surface area contributed by atoms with Crippen molar-refractivity contribution in [2.75, 3.05) is 19.8 Å². The Hall–Kier alpha value is -1.10. The van der Waals surface area contributed by atoms with E-state index in [-0.39, 0.29) is 30.7 Å². The van der Waals surface area contributed by atoms with Crippen LogP contribution in [-0.4, -0.2) is 37.6 Å². The van der Waals surface area contributed by atoms with Gasteiger partial charge in [-0.15, -0.1) is 0 Å². The Morgan fingerprint density at radius 3 is 2.50 bits per heavy atom. The molecule has 0 aromatic carbocycles. The Balaban J connectivity index is 2.06. The molecule has 0 heterocycles. The average Bonchev–Trinajstić information content (AvgIpc) is 2.56. The van der Waals surface area contributed by atoms with Crippen molar-refractivity contribution < 1.29 is 14.3 Å². The van der Waals surface area contributed by atoms with E-state index in [1.807, 2.05) is 0 Å². The fourth-order valence-electron chi connectivity index (χ4n) is 3.13. The highest BCUT2D eigenvalue weighted by Crippen LogP contribution is 2.29. The van der Waals surface area contributed by atoms with Crippen molar-refractivity contribution in [2.24, 2.45) is 11.8 Å². The number of unbranched alkanes of at least 4 members (excludes halogenated alkanes) is 1. The van der Waals surface area contributed by atoms with Crippen molar-refractivity contribution in [1.29, 1.82) is 0 Å². The molecule has 140 valence electrons.